The zero-order valence-corrected chi connectivity index (χ0v) is 10.6. The fourth-order valence-electron chi connectivity index (χ4n) is 2.20. The molecule has 0 aliphatic carbocycles. The van der Waals surface area contributed by atoms with E-state index in [2.05, 4.69) is 0 Å². The average Bonchev–Trinajstić information content (AvgIpc) is 2.35. The first-order valence-corrected chi connectivity index (χ1v) is 6.97. The van der Waals surface area contributed by atoms with Crippen molar-refractivity contribution in [2.24, 2.45) is 0 Å². The van der Waals surface area contributed by atoms with E-state index in [1.807, 2.05) is 24.3 Å². The third-order valence-electron chi connectivity index (χ3n) is 3.26. The van der Waals surface area contributed by atoms with Crippen molar-refractivity contribution in [3.05, 3.63) is 42.0 Å². The third-order valence-corrected chi connectivity index (χ3v) is 5.12. The van der Waals surface area contributed by atoms with Crippen LogP contribution in [-0.4, -0.2) is 25.7 Å². The molecule has 2 aromatic rings. The summed E-state index contributed by atoms with van der Waals surface area (Å²) in [5, 5.41) is 1.81. The summed E-state index contributed by atoms with van der Waals surface area (Å²) in [6.45, 7) is 0. The van der Waals surface area contributed by atoms with E-state index in [0.717, 1.165) is 15.1 Å². The van der Waals surface area contributed by atoms with E-state index in [1.54, 1.807) is 12.1 Å². The molecule has 1 amide bonds. The summed E-state index contributed by atoms with van der Waals surface area (Å²) in [5.74, 6) is -0.391. The Hall–Kier alpha value is -1.88. The molecule has 1 heterocycles. The van der Waals surface area contributed by atoms with Crippen molar-refractivity contribution in [2.45, 2.75) is 11.3 Å². The monoisotopic (exact) mass is 261 g/mol. The summed E-state index contributed by atoms with van der Waals surface area (Å²) in [5.41, 5.74) is 0.580. The molecule has 0 atom stereocenters. The van der Waals surface area contributed by atoms with Crippen molar-refractivity contribution >= 4 is 26.7 Å². The molecule has 0 saturated heterocycles. The molecule has 0 fully saturated rings. The molecule has 0 radical (unpaired) electrons. The Morgan fingerprint density at radius 1 is 1.11 bits per heavy atom. The number of carbonyl (C=O) groups excluding carboxylic acids is 1. The quantitative estimate of drug-likeness (QED) is 0.723. The summed E-state index contributed by atoms with van der Waals surface area (Å²) in [7, 11) is -2.38. The van der Waals surface area contributed by atoms with Gasteiger partial charge in [0.15, 0.2) is 0 Å². The summed E-state index contributed by atoms with van der Waals surface area (Å²) in [4.78, 5) is 11.9. The number of fused-ring (bicyclic) bond motifs is 2. The van der Waals surface area contributed by atoms with Crippen LogP contribution in [-0.2, 0) is 21.2 Å². The molecule has 0 bridgehead atoms. The number of likely N-dealkylation sites (N-methyl/N-ethyl adjacent to an activating group) is 1. The third kappa shape index (κ3) is 1.44. The van der Waals surface area contributed by atoms with Crippen LogP contribution in [0.5, 0.6) is 0 Å². The fourth-order valence-corrected chi connectivity index (χ4v) is 3.57. The number of rotatable bonds is 0. The highest BCUT2D eigenvalue weighted by Crippen LogP contribution is 2.30. The predicted octanol–water partition coefficient (Wildman–Crippen LogP) is 1.54. The maximum Gasteiger partial charge on any atom is 0.266 e. The number of nitrogens with zero attached hydrogens (tertiary/aromatic N) is 1. The van der Waals surface area contributed by atoms with E-state index in [-0.39, 0.29) is 11.3 Å². The smallest absolute Gasteiger partial charge is 0.266 e. The van der Waals surface area contributed by atoms with Crippen molar-refractivity contribution in [2.75, 3.05) is 7.05 Å². The lowest BCUT2D eigenvalue weighted by Crippen LogP contribution is -2.38. The number of amides is 1. The van der Waals surface area contributed by atoms with Crippen LogP contribution >= 0.6 is 0 Å². The average molecular weight is 261 g/mol. The van der Waals surface area contributed by atoms with E-state index in [1.165, 1.54) is 7.05 Å². The molecule has 0 spiro atoms. The van der Waals surface area contributed by atoms with E-state index in [0.29, 0.717) is 5.56 Å². The zero-order chi connectivity index (χ0) is 12.9. The topological polar surface area (TPSA) is 54.5 Å². The molecule has 5 heteroatoms. The maximum atomic E-state index is 12.2. The number of benzene rings is 2. The van der Waals surface area contributed by atoms with Crippen LogP contribution in [0.1, 0.15) is 5.56 Å². The number of carbonyl (C=O) groups is 1. The van der Waals surface area contributed by atoms with Crippen LogP contribution in [0.25, 0.3) is 10.8 Å². The highest BCUT2D eigenvalue weighted by Gasteiger charge is 2.33. The van der Waals surface area contributed by atoms with Crippen molar-refractivity contribution < 1.29 is 13.2 Å². The molecule has 18 heavy (non-hydrogen) atoms. The van der Waals surface area contributed by atoms with E-state index in [9.17, 15) is 13.2 Å². The first-order valence-electron chi connectivity index (χ1n) is 5.53. The molecule has 92 valence electrons. The van der Waals surface area contributed by atoms with E-state index >= 15 is 0 Å². The maximum absolute atomic E-state index is 12.2. The molecular formula is C13H11NO3S. The second kappa shape index (κ2) is 3.55. The van der Waals surface area contributed by atoms with Crippen LogP contribution < -0.4 is 0 Å². The van der Waals surface area contributed by atoms with Gasteiger partial charge in [0.05, 0.1) is 11.3 Å². The molecule has 3 rings (SSSR count). The summed E-state index contributed by atoms with van der Waals surface area (Å²) >= 11 is 0. The van der Waals surface area contributed by atoms with Crippen LogP contribution in [0.3, 0.4) is 0 Å². The Bertz CT molecular complexity index is 765. The molecule has 0 saturated carbocycles. The van der Waals surface area contributed by atoms with Crippen molar-refractivity contribution in [1.82, 2.24) is 4.31 Å². The highest BCUT2D eigenvalue weighted by atomic mass is 32.2. The summed E-state index contributed by atoms with van der Waals surface area (Å²) in [6, 6.07) is 10.9. The van der Waals surface area contributed by atoms with Gasteiger partial charge >= 0.3 is 0 Å². The lowest BCUT2D eigenvalue weighted by molar-refractivity contribution is -0.125. The van der Waals surface area contributed by atoms with Gasteiger partial charge in [0.2, 0.25) is 5.91 Å². The largest absolute Gasteiger partial charge is 0.273 e. The van der Waals surface area contributed by atoms with Crippen LogP contribution in [0.2, 0.25) is 0 Å². The van der Waals surface area contributed by atoms with Gasteiger partial charge in [0.25, 0.3) is 10.0 Å². The predicted molar refractivity (Wildman–Crippen MR) is 67.6 cm³/mol. The lowest BCUT2D eigenvalue weighted by atomic mass is 10.0. The van der Waals surface area contributed by atoms with Crippen LogP contribution in [0.4, 0.5) is 0 Å². The van der Waals surface area contributed by atoms with Crippen LogP contribution in [0.15, 0.2) is 41.3 Å². The van der Waals surface area contributed by atoms with Crippen molar-refractivity contribution in [3.63, 3.8) is 0 Å². The highest BCUT2D eigenvalue weighted by molar-refractivity contribution is 7.89. The van der Waals surface area contributed by atoms with Gasteiger partial charge in [-0.3, -0.25) is 4.79 Å². The molecule has 1 aliphatic heterocycles. The van der Waals surface area contributed by atoms with E-state index in [4.69, 9.17) is 0 Å². The Balaban J connectivity index is 2.38. The summed E-state index contributed by atoms with van der Waals surface area (Å²) in [6.07, 6.45) is 0.135. The minimum absolute atomic E-state index is 0.135. The van der Waals surface area contributed by atoms with Gasteiger partial charge in [0, 0.05) is 7.05 Å². The fraction of sp³-hybridized carbons (Fsp3) is 0.154. The van der Waals surface area contributed by atoms with Crippen molar-refractivity contribution in [1.29, 1.82) is 0 Å². The number of hydrogen-bond donors (Lipinski definition) is 0. The normalized spacial score (nSPS) is 17.8. The van der Waals surface area contributed by atoms with Crippen LogP contribution in [0, 0.1) is 0 Å². The molecule has 4 nitrogen and oxygen atoms in total. The lowest BCUT2D eigenvalue weighted by Gasteiger charge is -2.25. The number of hydrogen-bond acceptors (Lipinski definition) is 3. The van der Waals surface area contributed by atoms with Gasteiger partial charge in [-0.25, -0.2) is 12.7 Å². The van der Waals surface area contributed by atoms with Gasteiger partial charge < -0.3 is 0 Å². The SMILES string of the molecule is CN1C(=O)Cc2cc3ccccc3cc2S1(=O)=O. The Kier molecular flexibility index (Phi) is 2.22. The molecular weight excluding hydrogens is 250 g/mol. The Morgan fingerprint density at radius 3 is 2.39 bits per heavy atom. The molecule has 0 unspecified atom stereocenters. The zero-order valence-electron chi connectivity index (χ0n) is 9.75. The minimum atomic E-state index is -3.68. The van der Waals surface area contributed by atoms with Gasteiger partial charge in [-0.05, 0) is 28.5 Å². The minimum Gasteiger partial charge on any atom is -0.273 e. The standard InChI is InChI=1S/C13H11NO3S/c1-14-13(15)8-11-6-9-4-2-3-5-10(9)7-12(11)18(14,16)17/h2-7H,8H2,1H3. The molecule has 0 N–H and O–H groups in total. The van der Waals surface area contributed by atoms with E-state index < -0.39 is 15.9 Å². The molecule has 0 aromatic heterocycles. The Labute approximate surface area is 105 Å². The van der Waals surface area contributed by atoms with Gasteiger partial charge in [-0.15, -0.1) is 0 Å². The summed E-state index contributed by atoms with van der Waals surface area (Å²) < 4.78 is 25.1. The van der Waals surface area contributed by atoms with Crippen molar-refractivity contribution in [3.8, 4) is 0 Å². The Morgan fingerprint density at radius 2 is 1.72 bits per heavy atom. The second-order valence-corrected chi connectivity index (χ2v) is 6.29. The van der Waals surface area contributed by atoms with Gasteiger partial charge in [-0.2, -0.15) is 0 Å². The molecule has 2 aromatic carbocycles. The number of sulfonamides is 1. The van der Waals surface area contributed by atoms with Gasteiger partial charge in [-0.1, -0.05) is 24.3 Å². The first kappa shape index (κ1) is 11.2. The van der Waals surface area contributed by atoms with Gasteiger partial charge in [0.1, 0.15) is 0 Å². The first-order chi connectivity index (χ1) is 8.50. The second-order valence-electron chi connectivity index (χ2n) is 4.35. The molecule has 1 aliphatic rings.